The highest BCUT2D eigenvalue weighted by Crippen LogP contribution is 2.30. The van der Waals surface area contributed by atoms with Gasteiger partial charge in [-0.05, 0) is 56.4 Å². The molecule has 0 fully saturated rings. The van der Waals surface area contributed by atoms with Gasteiger partial charge in [0.1, 0.15) is 6.29 Å². The van der Waals surface area contributed by atoms with Gasteiger partial charge >= 0.3 is 11.9 Å². The van der Waals surface area contributed by atoms with Crippen LogP contribution in [0, 0.1) is 5.41 Å². The van der Waals surface area contributed by atoms with E-state index in [0.29, 0.717) is 36.0 Å². The lowest BCUT2D eigenvalue weighted by Gasteiger charge is -2.21. The molecule has 0 saturated heterocycles. The van der Waals surface area contributed by atoms with Crippen molar-refractivity contribution in [2.24, 2.45) is 5.41 Å². The Kier molecular flexibility index (Phi) is 6.38. The van der Waals surface area contributed by atoms with Crippen molar-refractivity contribution in [2.45, 2.75) is 39.0 Å². The molecule has 0 aromatic heterocycles. The van der Waals surface area contributed by atoms with Crippen LogP contribution >= 0.6 is 11.6 Å². The van der Waals surface area contributed by atoms with Gasteiger partial charge in [-0.2, -0.15) is 0 Å². The zero-order chi connectivity index (χ0) is 20.2. The van der Waals surface area contributed by atoms with Crippen molar-refractivity contribution in [3.05, 3.63) is 39.9 Å². The largest absolute Gasteiger partial charge is 0.480 e. The van der Waals surface area contributed by atoms with Gasteiger partial charge in [-0.25, -0.2) is 0 Å². The number of hydrogen-bond acceptors (Lipinski definition) is 4. The Labute approximate surface area is 161 Å². The maximum absolute atomic E-state index is 12.5. The van der Waals surface area contributed by atoms with Crippen molar-refractivity contribution in [3.8, 4) is 0 Å². The van der Waals surface area contributed by atoms with Crippen LogP contribution in [0.3, 0.4) is 0 Å². The van der Waals surface area contributed by atoms with E-state index in [1.807, 2.05) is 0 Å². The van der Waals surface area contributed by atoms with Crippen LogP contribution in [0.1, 0.15) is 38.2 Å². The number of carbonyl (C=O) groups is 4. The van der Waals surface area contributed by atoms with Gasteiger partial charge in [0.05, 0.1) is 0 Å². The molecule has 1 amide bonds. The number of aliphatic carboxylic acids is 2. The fraction of sp³-hybridized carbons (Fsp3) is 0.368. The van der Waals surface area contributed by atoms with Gasteiger partial charge in [0.25, 0.3) is 5.91 Å². The highest BCUT2D eigenvalue weighted by atomic mass is 35.5. The van der Waals surface area contributed by atoms with Crippen molar-refractivity contribution in [1.82, 2.24) is 0 Å². The summed E-state index contributed by atoms with van der Waals surface area (Å²) in [6.07, 6.45) is 3.11. The third-order valence-electron chi connectivity index (χ3n) is 4.72. The topological polar surface area (TPSA) is 121 Å². The summed E-state index contributed by atoms with van der Waals surface area (Å²) in [5.41, 5.74) is -0.496. The minimum atomic E-state index is -2.05. The number of carboxylic acids is 2. The first-order valence-electron chi connectivity index (χ1n) is 8.43. The average Bonchev–Trinajstić information content (AvgIpc) is 2.63. The van der Waals surface area contributed by atoms with E-state index in [0.717, 1.165) is 19.8 Å². The van der Waals surface area contributed by atoms with E-state index in [1.165, 1.54) is 18.2 Å². The highest BCUT2D eigenvalue weighted by Gasteiger charge is 2.42. The minimum absolute atomic E-state index is 0.201. The third kappa shape index (κ3) is 4.54. The zero-order valence-electron chi connectivity index (χ0n) is 14.8. The molecule has 27 heavy (non-hydrogen) atoms. The molecule has 0 aliphatic heterocycles. The fourth-order valence-corrected chi connectivity index (χ4v) is 3.12. The van der Waals surface area contributed by atoms with Crippen LogP contribution in [-0.2, 0) is 25.6 Å². The van der Waals surface area contributed by atoms with Crippen LogP contribution in [0.4, 0.5) is 5.69 Å². The number of amides is 1. The Morgan fingerprint density at radius 2 is 1.81 bits per heavy atom. The van der Waals surface area contributed by atoms with Crippen LogP contribution in [0.15, 0.2) is 29.3 Å². The second kappa shape index (κ2) is 8.35. The predicted molar refractivity (Wildman–Crippen MR) is 98.7 cm³/mol. The molecule has 0 spiro atoms. The number of nitrogens with one attached hydrogen (secondary N) is 1. The normalized spacial score (nSPS) is 14.6. The first kappa shape index (κ1) is 20.6. The minimum Gasteiger partial charge on any atom is -0.480 e. The number of halogens is 1. The Hall–Kier alpha value is -2.67. The van der Waals surface area contributed by atoms with Gasteiger partial charge in [-0.15, -0.1) is 0 Å². The maximum atomic E-state index is 12.5. The van der Waals surface area contributed by atoms with Crippen molar-refractivity contribution < 1.29 is 29.4 Å². The monoisotopic (exact) mass is 393 g/mol. The molecule has 1 aromatic rings. The lowest BCUT2D eigenvalue weighted by Crippen LogP contribution is -2.38. The van der Waals surface area contributed by atoms with E-state index < -0.39 is 23.3 Å². The molecule has 0 radical (unpaired) electrons. The number of rotatable bonds is 7. The van der Waals surface area contributed by atoms with Crippen LogP contribution < -0.4 is 5.32 Å². The molecular weight excluding hydrogens is 374 g/mol. The van der Waals surface area contributed by atoms with Crippen molar-refractivity contribution >= 4 is 41.4 Å². The number of benzene rings is 1. The van der Waals surface area contributed by atoms with Gasteiger partial charge in [-0.1, -0.05) is 11.6 Å². The molecule has 0 heterocycles. The van der Waals surface area contributed by atoms with E-state index in [9.17, 15) is 29.4 Å². The standard InChI is InChI=1S/C19H20ClNO6/c1-19(17(24)25,18(26)27)9-12-8-13(6-7-15(12)20)21-16(23)14-5-3-2-4-11(14)10-22/h6-8,10H,2-5,9H2,1H3,(H,21,23)(H,24,25)(H,26,27). The van der Waals surface area contributed by atoms with E-state index >= 15 is 0 Å². The summed E-state index contributed by atoms with van der Waals surface area (Å²) in [5.74, 6) is -3.36. The summed E-state index contributed by atoms with van der Waals surface area (Å²) in [6.45, 7) is 1.10. The summed E-state index contributed by atoms with van der Waals surface area (Å²) in [6, 6.07) is 4.45. The summed E-state index contributed by atoms with van der Waals surface area (Å²) in [4.78, 5) is 46.4. The molecule has 1 aromatic carbocycles. The number of carbonyl (C=O) groups excluding carboxylic acids is 2. The third-order valence-corrected chi connectivity index (χ3v) is 5.09. The smallest absolute Gasteiger partial charge is 0.321 e. The first-order valence-corrected chi connectivity index (χ1v) is 8.80. The van der Waals surface area contributed by atoms with Crippen LogP contribution in [0.5, 0.6) is 0 Å². The zero-order valence-corrected chi connectivity index (χ0v) is 15.5. The SMILES string of the molecule is CC(Cc1cc(NC(=O)C2=C(C=O)CCCC2)ccc1Cl)(C(=O)O)C(=O)O. The fourth-order valence-electron chi connectivity index (χ4n) is 2.94. The number of aldehydes is 1. The van der Waals surface area contributed by atoms with E-state index in [4.69, 9.17) is 11.6 Å². The molecule has 2 rings (SSSR count). The second-order valence-corrected chi connectivity index (χ2v) is 7.12. The molecule has 0 bridgehead atoms. The average molecular weight is 394 g/mol. The summed E-state index contributed by atoms with van der Waals surface area (Å²) in [7, 11) is 0. The van der Waals surface area contributed by atoms with Gasteiger partial charge in [0.15, 0.2) is 5.41 Å². The molecule has 1 aliphatic carbocycles. The maximum Gasteiger partial charge on any atom is 0.321 e. The molecule has 0 atom stereocenters. The molecule has 3 N–H and O–H groups in total. The Morgan fingerprint density at radius 1 is 1.19 bits per heavy atom. The number of anilines is 1. The molecule has 7 nitrogen and oxygen atoms in total. The lowest BCUT2D eigenvalue weighted by molar-refractivity contribution is -0.163. The van der Waals surface area contributed by atoms with E-state index in [1.54, 1.807) is 0 Å². The number of hydrogen-bond donors (Lipinski definition) is 3. The summed E-state index contributed by atoms with van der Waals surface area (Å²) >= 11 is 6.09. The molecule has 1 aliphatic rings. The van der Waals surface area contributed by atoms with Gasteiger partial charge in [0.2, 0.25) is 0 Å². The Balaban J connectivity index is 2.28. The highest BCUT2D eigenvalue weighted by molar-refractivity contribution is 6.31. The van der Waals surface area contributed by atoms with Crippen LogP contribution in [0.2, 0.25) is 5.02 Å². The van der Waals surface area contributed by atoms with Gasteiger partial charge in [-0.3, -0.25) is 19.2 Å². The Bertz CT molecular complexity index is 815. The first-order chi connectivity index (χ1) is 12.7. The quantitative estimate of drug-likeness (QED) is 0.483. The van der Waals surface area contributed by atoms with Gasteiger partial charge in [0, 0.05) is 28.3 Å². The Morgan fingerprint density at radius 3 is 2.41 bits per heavy atom. The van der Waals surface area contributed by atoms with E-state index in [-0.39, 0.29) is 17.0 Å². The molecule has 144 valence electrons. The van der Waals surface area contributed by atoms with Gasteiger partial charge < -0.3 is 15.5 Å². The lowest BCUT2D eigenvalue weighted by atomic mass is 9.83. The second-order valence-electron chi connectivity index (χ2n) is 6.71. The van der Waals surface area contributed by atoms with E-state index in [2.05, 4.69) is 5.32 Å². The van der Waals surface area contributed by atoms with Crippen molar-refractivity contribution in [2.75, 3.05) is 5.32 Å². The summed E-state index contributed by atoms with van der Waals surface area (Å²) < 4.78 is 0. The van der Waals surface area contributed by atoms with Crippen molar-refractivity contribution in [3.63, 3.8) is 0 Å². The van der Waals surface area contributed by atoms with Crippen LogP contribution in [-0.4, -0.2) is 34.3 Å². The molecule has 8 heteroatoms. The summed E-state index contributed by atoms with van der Waals surface area (Å²) in [5, 5.41) is 21.4. The molecule has 0 unspecified atom stereocenters. The van der Waals surface area contributed by atoms with Crippen LogP contribution in [0.25, 0.3) is 0 Å². The van der Waals surface area contributed by atoms with Crippen molar-refractivity contribution in [1.29, 1.82) is 0 Å². The number of carboxylic acid groups (broad SMARTS) is 2. The molecule has 0 saturated carbocycles. The number of allylic oxidation sites excluding steroid dienone is 1. The molecular formula is C19H20ClNO6. The predicted octanol–water partition coefficient (Wildman–Crippen LogP) is 3.07.